The molecule has 2 aliphatic carbocycles. The Balaban J connectivity index is 1.68. The molecule has 0 bridgehead atoms. The van der Waals surface area contributed by atoms with Crippen LogP contribution in [0.2, 0.25) is 0 Å². The highest BCUT2D eigenvalue weighted by Crippen LogP contribution is 2.53. The van der Waals surface area contributed by atoms with Gasteiger partial charge in [0.05, 0.1) is 0 Å². The predicted molar refractivity (Wildman–Crippen MR) is 119 cm³/mol. The van der Waals surface area contributed by atoms with Crippen LogP contribution in [0, 0.1) is 0 Å². The van der Waals surface area contributed by atoms with Crippen LogP contribution in [0.5, 0.6) is 0 Å². The maximum Gasteiger partial charge on any atom is 0.0159 e. The van der Waals surface area contributed by atoms with Crippen molar-refractivity contribution in [1.29, 1.82) is 0 Å². The second-order valence-corrected chi connectivity index (χ2v) is 9.48. The number of benzene rings is 4. The molecule has 0 saturated heterocycles. The Morgan fingerprint density at radius 3 is 1.25 bits per heavy atom. The zero-order valence-electron chi connectivity index (χ0n) is 16.9. The first-order chi connectivity index (χ1) is 13.4. The van der Waals surface area contributed by atoms with Crippen LogP contribution in [0.1, 0.15) is 49.9 Å². The molecule has 0 nitrogen and oxygen atoms in total. The molecular formula is C28H24. The molecule has 0 aliphatic heterocycles. The Hall–Kier alpha value is -2.86. The van der Waals surface area contributed by atoms with Gasteiger partial charge in [0.25, 0.3) is 0 Å². The second-order valence-electron chi connectivity index (χ2n) is 9.48. The molecule has 4 aromatic carbocycles. The maximum absolute atomic E-state index is 2.44. The smallest absolute Gasteiger partial charge is 0.0159 e. The van der Waals surface area contributed by atoms with Gasteiger partial charge in [0.15, 0.2) is 0 Å². The summed E-state index contributed by atoms with van der Waals surface area (Å²) >= 11 is 0. The summed E-state index contributed by atoms with van der Waals surface area (Å²) < 4.78 is 0. The van der Waals surface area contributed by atoms with Crippen molar-refractivity contribution in [2.24, 2.45) is 0 Å². The van der Waals surface area contributed by atoms with Gasteiger partial charge >= 0.3 is 0 Å². The molecule has 0 heteroatoms. The molecule has 0 atom stereocenters. The number of rotatable bonds is 0. The van der Waals surface area contributed by atoms with Gasteiger partial charge in [-0.3, -0.25) is 0 Å². The lowest BCUT2D eigenvalue weighted by Crippen LogP contribution is -2.15. The van der Waals surface area contributed by atoms with E-state index in [1.54, 1.807) is 0 Å². The van der Waals surface area contributed by atoms with E-state index in [1.807, 2.05) is 0 Å². The monoisotopic (exact) mass is 360 g/mol. The molecule has 0 spiro atoms. The van der Waals surface area contributed by atoms with Crippen LogP contribution in [-0.2, 0) is 10.8 Å². The van der Waals surface area contributed by atoms with Gasteiger partial charge in [-0.2, -0.15) is 0 Å². The van der Waals surface area contributed by atoms with E-state index in [0.29, 0.717) is 0 Å². The first kappa shape index (κ1) is 16.1. The minimum Gasteiger partial charge on any atom is -0.0619 e. The Morgan fingerprint density at radius 2 is 0.821 bits per heavy atom. The van der Waals surface area contributed by atoms with Gasteiger partial charge < -0.3 is 0 Å². The van der Waals surface area contributed by atoms with Gasteiger partial charge in [0.1, 0.15) is 0 Å². The van der Waals surface area contributed by atoms with Crippen LogP contribution in [0.3, 0.4) is 0 Å². The Labute approximate surface area is 166 Å². The van der Waals surface area contributed by atoms with Crippen molar-refractivity contribution in [3.05, 3.63) is 95.1 Å². The van der Waals surface area contributed by atoms with E-state index in [9.17, 15) is 0 Å². The van der Waals surface area contributed by atoms with Crippen molar-refractivity contribution >= 4 is 10.8 Å². The van der Waals surface area contributed by atoms with Gasteiger partial charge in [-0.25, -0.2) is 0 Å². The van der Waals surface area contributed by atoms with Crippen molar-refractivity contribution in [1.82, 2.24) is 0 Å². The first-order valence-corrected chi connectivity index (χ1v) is 10.2. The highest BCUT2D eigenvalue weighted by Gasteiger charge is 2.37. The third kappa shape index (κ3) is 1.81. The van der Waals surface area contributed by atoms with Gasteiger partial charge in [-0.05, 0) is 79.5 Å². The minimum absolute atomic E-state index is 0.0519. The molecule has 0 amide bonds. The Kier molecular flexibility index (Phi) is 2.85. The number of fused-ring (bicyclic) bond motifs is 7. The molecule has 0 saturated carbocycles. The van der Waals surface area contributed by atoms with Gasteiger partial charge in [-0.15, -0.1) is 0 Å². The quantitative estimate of drug-likeness (QED) is 0.305. The molecule has 0 radical (unpaired) electrons. The SMILES string of the molecule is CC1(C)c2ccccc2-c2cc3cc4c(cc3cc21)-c1ccccc1C4(C)C. The number of hydrogen-bond acceptors (Lipinski definition) is 0. The van der Waals surface area contributed by atoms with Crippen molar-refractivity contribution in [2.45, 2.75) is 38.5 Å². The van der Waals surface area contributed by atoms with Crippen molar-refractivity contribution in [2.75, 3.05) is 0 Å². The molecular weight excluding hydrogens is 336 g/mol. The van der Waals surface area contributed by atoms with Gasteiger partial charge in [-0.1, -0.05) is 76.2 Å². The molecule has 136 valence electrons. The highest BCUT2D eigenvalue weighted by molar-refractivity contribution is 5.98. The van der Waals surface area contributed by atoms with Crippen LogP contribution in [0.25, 0.3) is 33.0 Å². The first-order valence-electron chi connectivity index (χ1n) is 10.2. The predicted octanol–water partition coefficient (Wildman–Crippen LogP) is 7.45. The van der Waals surface area contributed by atoms with Crippen LogP contribution < -0.4 is 0 Å². The molecule has 0 fully saturated rings. The van der Waals surface area contributed by atoms with Crippen molar-refractivity contribution < 1.29 is 0 Å². The van der Waals surface area contributed by atoms with E-state index < -0.39 is 0 Å². The maximum atomic E-state index is 2.44. The lowest BCUT2D eigenvalue weighted by molar-refractivity contribution is 0.660. The summed E-state index contributed by atoms with van der Waals surface area (Å²) in [6.07, 6.45) is 0. The van der Waals surface area contributed by atoms with Gasteiger partial charge in [0, 0.05) is 10.8 Å². The third-order valence-electron chi connectivity index (χ3n) is 7.24. The highest BCUT2D eigenvalue weighted by atomic mass is 14.4. The van der Waals surface area contributed by atoms with Crippen LogP contribution in [-0.4, -0.2) is 0 Å². The van der Waals surface area contributed by atoms with Crippen molar-refractivity contribution in [3.8, 4) is 22.3 Å². The van der Waals surface area contributed by atoms with E-state index >= 15 is 0 Å². The van der Waals surface area contributed by atoms with Crippen molar-refractivity contribution in [3.63, 3.8) is 0 Å². The van der Waals surface area contributed by atoms with Crippen LogP contribution in [0.4, 0.5) is 0 Å². The fraction of sp³-hybridized carbons (Fsp3) is 0.214. The van der Waals surface area contributed by atoms with E-state index in [-0.39, 0.29) is 10.8 Å². The largest absolute Gasteiger partial charge is 0.0619 e. The molecule has 0 N–H and O–H groups in total. The zero-order valence-corrected chi connectivity index (χ0v) is 16.9. The van der Waals surface area contributed by atoms with E-state index in [2.05, 4.69) is 100 Å². The summed E-state index contributed by atoms with van der Waals surface area (Å²) in [5.74, 6) is 0. The third-order valence-corrected chi connectivity index (χ3v) is 7.24. The van der Waals surface area contributed by atoms with Crippen LogP contribution >= 0.6 is 0 Å². The molecule has 4 aromatic rings. The summed E-state index contributed by atoms with van der Waals surface area (Å²) in [6.45, 7) is 9.43. The summed E-state index contributed by atoms with van der Waals surface area (Å²) in [4.78, 5) is 0. The van der Waals surface area contributed by atoms with Crippen LogP contribution in [0.15, 0.2) is 72.8 Å². The van der Waals surface area contributed by atoms with E-state index in [4.69, 9.17) is 0 Å². The Bertz CT molecular complexity index is 1200. The summed E-state index contributed by atoms with van der Waals surface area (Å²) in [5.41, 5.74) is 11.5. The molecule has 0 unspecified atom stereocenters. The fourth-order valence-corrected chi connectivity index (χ4v) is 5.65. The van der Waals surface area contributed by atoms with E-state index in [0.717, 1.165) is 0 Å². The molecule has 0 heterocycles. The lowest BCUT2D eigenvalue weighted by atomic mass is 9.80. The number of hydrogen-bond donors (Lipinski definition) is 0. The summed E-state index contributed by atoms with van der Waals surface area (Å²) in [7, 11) is 0. The normalized spacial score (nSPS) is 17.1. The lowest BCUT2D eigenvalue weighted by Gasteiger charge is -2.23. The average Bonchev–Trinajstić information content (AvgIpc) is 3.05. The second kappa shape index (κ2) is 4.94. The Morgan fingerprint density at radius 1 is 0.429 bits per heavy atom. The molecule has 6 rings (SSSR count). The minimum atomic E-state index is 0.0519. The molecule has 2 aliphatic rings. The summed E-state index contributed by atoms with van der Waals surface area (Å²) in [5, 5.41) is 2.71. The summed E-state index contributed by atoms with van der Waals surface area (Å²) in [6, 6.07) is 27.5. The molecule has 28 heavy (non-hydrogen) atoms. The van der Waals surface area contributed by atoms with Gasteiger partial charge in [0.2, 0.25) is 0 Å². The fourth-order valence-electron chi connectivity index (χ4n) is 5.65. The molecule has 0 aromatic heterocycles. The topological polar surface area (TPSA) is 0 Å². The van der Waals surface area contributed by atoms with E-state index in [1.165, 1.54) is 55.3 Å². The standard InChI is InChI=1S/C28H24/c1-27(2)23-11-7-5-9-19(23)21-13-18-16-26-22(14-17(18)15-25(21)27)20-10-6-8-12-24(20)28(26,3)4/h5-16H,1-4H3. The zero-order chi connectivity index (χ0) is 19.3. The average molecular weight is 361 g/mol.